The van der Waals surface area contributed by atoms with Gasteiger partial charge < -0.3 is 10.1 Å². The van der Waals surface area contributed by atoms with Crippen LogP contribution in [0.5, 0.6) is 0 Å². The molecule has 0 amide bonds. The number of aromatic nitrogens is 4. The van der Waals surface area contributed by atoms with Crippen LogP contribution in [0.3, 0.4) is 0 Å². The van der Waals surface area contributed by atoms with E-state index in [4.69, 9.17) is 21.3 Å². The highest BCUT2D eigenvalue weighted by Gasteiger charge is 2.41. The zero-order chi connectivity index (χ0) is 28.2. The van der Waals surface area contributed by atoms with E-state index in [0.29, 0.717) is 28.4 Å². The number of nitriles is 1. The molecule has 0 radical (unpaired) electrons. The van der Waals surface area contributed by atoms with E-state index in [-0.39, 0.29) is 18.5 Å². The lowest BCUT2D eigenvalue weighted by molar-refractivity contribution is 0.0843. The lowest BCUT2D eigenvalue weighted by Gasteiger charge is -2.47. The second kappa shape index (κ2) is 10.2. The molecule has 4 aromatic rings. The quantitative estimate of drug-likeness (QED) is 0.218. The van der Waals surface area contributed by atoms with Gasteiger partial charge in [-0.15, -0.1) is 0 Å². The molecule has 0 unspecified atom stereocenters. The normalized spacial score (nSPS) is 17.5. The van der Waals surface area contributed by atoms with Gasteiger partial charge in [0.1, 0.15) is 17.5 Å². The number of nitrogens with zero attached hydrogens (tertiary/aromatic N) is 5. The topological polar surface area (TPSA) is 89.8 Å². The van der Waals surface area contributed by atoms with Gasteiger partial charge in [0.15, 0.2) is 0 Å². The van der Waals surface area contributed by atoms with Crippen molar-refractivity contribution in [2.75, 3.05) is 19.7 Å². The second-order valence-corrected chi connectivity index (χ2v) is 18.8. The lowest BCUT2D eigenvalue weighted by atomic mass is 9.68. The van der Waals surface area contributed by atoms with Crippen LogP contribution in [0.2, 0.25) is 30.8 Å². The fourth-order valence-corrected chi connectivity index (χ4v) is 7.52. The van der Waals surface area contributed by atoms with Crippen LogP contribution in [0, 0.1) is 16.7 Å². The van der Waals surface area contributed by atoms with Gasteiger partial charge in [0.25, 0.3) is 0 Å². The minimum absolute atomic E-state index is 0.0354. The molecular weight excluding hydrogens is 540 g/mol. The van der Waals surface area contributed by atoms with Crippen LogP contribution in [-0.2, 0) is 18.5 Å². The van der Waals surface area contributed by atoms with Gasteiger partial charge in [-0.05, 0) is 43.2 Å². The van der Waals surface area contributed by atoms with E-state index in [2.05, 4.69) is 31.0 Å². The van der Waals surface area contributed by atoms with Crippen molar-refractivity contribution in [2.24, 2.45) is 12.5 Å². The molecule has 6 rings (SSSR count). The van der Waals surface area contributed by atoms with Crippen molar-refractivity contribution < 1.29 is 4.74 Å². The molecule has 2 fully saturated rings. The Labute approximate surface area is 240 Å². The Bertz CT molecular complexity index is 1690. The Morgan fingerprint density at radius 1 is 1.23 bits per heavy atom. The van der Waals surface area contributed by atoms with Gasteiger partial charge in [0.05, 0.1) is 34.2 Å². The first kappa shape index (κ1) is 27.3. The third kappa shape index (κ3) is 4.51. The van der Waals surface area contributed by atoms with Gasteiger partial charge in [-0.3, -0.25) is 13.7 Å². The number of pyridine rings is 1. The van der Waals surface area contributed by atoms with Crippen LogP contribution >= 0.6 is 11.6 Å². The monoisotopic (exact) mass is 576 g/mol. The van der Waals surface area contributed by atoms with Gasteiger partial charge in [0.2, 0.25) is 0 Å². The first-order valence-electron chi connectivity index (χ1n) is 14.2. The van der Waals surface area contributed by atoms with Crippen molar-refractivity contribution in [1.29, 1.82) is 5.26 Å². The standard InChI is InChI=1S/C30H37ClN6O2Si/c1-35-23-16-34-28-25(26(23)37(29(35)38)21-9-11-30(12-10-21)17-33-18-30)24(22-8-6-5-7-20(22)15-32)27(31)36(28)19-39-13-14-40(2,3)4/h5-8,16,21,33H,9-14,17-19H2,1-4H3. The number of benzene rings is 1. The van der Waals surface area contributed by atoms with Gasteiger partial charge in [0, 0.05) is 52.0 Å². The largest absolute Gasteiger partial charge is 0.361 e. The SMILES string of the molecule is Cn1c(=O)n(C2CCC3(CC2)CNC3)c2c3c(-c4ccccc4C#N)c(Cl)n(COCC[Si](C)(C)C)c3ncc21. The predicted octanol–water partition coefficient (Wildman–Crippen LogP) is 5.90. The molecule has 2 aliphatic rings. The number of ether oxygens (including phenoxy) is 1. The third-order valence-electron chi connectivity index (χ3n) is 8.97. The highest BCUT2D eigenvalue weighted by Crippen LogP contribution is 2.46. The van der Waals surface area contributed by atoms with Crippen LogP contribution < -0.4 is 11.0 Å². The summed E-state index contributed by atoms with van der Waals surface area (Å²) < 4.78 is 11.7. The second-order valence-electron chi connectivity index (χ2n) is 12.8. The Hall–Kier alpha value is -2.90. The fraction of sp³-hybridized carbons (Fsp3) is 0.500. The van der Waals surface area contributed by atoms with Crippen LogP contribution in [0.1, 0.15) is 37.3 Å². The molecule has 4 heterocycles. The van der Waals surface area contributed by atoms with E-state index in [9.17, 15) is 10.1 Å². The van der Waals surface area contributed by atoms with E-state index in [1.54, 1.807) is 16.8 Å². The minimum atomic E-state index is -1.26. The summed E-state index contributed by atoms with van der Waals surface area (Å²) in [7, 11) is 0.554. The van der Waals surface area contributed by atoms with Crippen molar-refractivity contribution in [3.63, 3.8) is 0 Å². The Kier molecular flexibility index (Phi) is 6.94. The summed E-state index contributed by atoms with van der Waals surface area (Å²) in [4.78, 5) is 18.7. The van der Waals surface area contributed by atoms with Crippen molar-refractivity contribution in [3.05, 3.63) is 51.7 Å². The maximum absolute atomic E-state index is 13.8. The zero-order valence-corrected chi connectivity index (χ0v) is 25.5. The number of imidazole rings is 1. The number of halogens is 1. The summed E-state index contributed by atoms with van der Waals surface area (Å²) in [6, 6.07) is 11.0. The number of rotatable bonds is 7. The summed E-state index contributed by atoms with van der Waals surface area (Å²) in [5, 5.41) is 14.7. The van der Waals surface area contributed by atoms with E-state index in [1.165, 1.54) is 0 Å². The Morgan fingerprint density at radius 3 is 2.60 bits per heavy atom. The van der Waals surface area contributed by atoms with E-state index in [1.807, 2.05) is 34.4 Å². The van der Waals surface area contributed by atoms with Gasteiger partial charge in [-0.25, -0.2) is 9.78 Å². The van der Waals surface area contributed by atoms with E-state index < -0.39 is 8.07 Å². The summed E-state index contributed by atoms with van der Waals surface area (Å²) in [6.07, 6.45) is 5.92. The van der Waals surface area contributed by atoms with E-state index >= 15 is 0 Å². The van der Waals surface area contributed by atoms with E-state index in [0.717, 1.165) is 72.4 Å². The van der Waals surface area contributed by atoms with Gasteiger partial charge in [-0.2, -0.15) is 5.26 Å². The average Bonchev–Trinajstić information content (AvgIpc) is 3.34. The molecule has 1 N–H and O–H groups in total. The smallest absolute Gasteiger partial charge is 0.329 e. The minimum Gasteiger partial charge on any atom is -0.361 e. The summed E-state index contributed by atoms with van der Waals surface area (Å²) >= 11 is 7.17. The molecule has 1 spiro atoms. The molecule has 10 heteroatoms. The summed E-state index contributed by atoms with van der Waals surface area (Å²) in [5.41, 5.74) is 4.63. The molecule has 1 saturated heterocycles. The Morgan fingerprint density at radius 2 is 1.95 bits per heavy atom. The van der Waals surface area contributed by atoms with Crippen LogP contribution in [0.15, 0.2) is 35.3 Å². The highest BCUT2D eigenvalue weighted by molar-refractivity contribution is 6.76. The van der Waals surface area contributed by atoms with Crippen LogP contribution in [0.4, 0.5) is 0 Å². The molecular formula is C30H37ClN6O2Si. The van der Waals surface area contributed by atoms with Crippen molar-refractivity contribution in [3.8, 4) is 17.2 Å². The first-order chi connectivity index (χ1) is 19.1. The van der Waals surface area contributed by atoms with Crippen LogP contribution in [0.25, 0.3) is 33.2 Å². The molecule has 210 valence electrons. The van der Waals surface area contributed by atoms with Gasteiger partial charge in [-0.1, -0.05) is 49.4 Å². The predicted molar refractivity (Wildman–Crippen MR) is 163 cm³/mol. The molecule has 0 bridgehead atoms. The number of nitrogens with one attached hydrogen (secondary N) is 1. The van der Waals surface area contributed by atoms with Crippen LogP contribution in [-0.4, -0.2) is 46.5 Å². The summed E-state index contributed by atoms with van der Waals surface area (Å²) in [6.45, 7) is 10.0. The Balaban J connectivity index is 1.56. The van der Waals surface area contributed by atoms with Gasteiger partial charge >= 0.3 is 5.69 Å². The first-order valence-corrected chi connectivity index (χ1v) is 18.3. The van der Waals surface area contributed by atoms with Crippen molar-refractivity contribution in [2.45, 2.75) is 64.1 Å². The number of hydrogen-bond acceptors (Lipinski definition) is 5. The third-order valence-corrected chi connectivity index (χ3v) is 11.1. The molecule has 3 aromatic heterocycles. The van der Waals surface area contributed by atoms with Crippen molar-refractivity contribution >= 4 is 41.7 Å². The van der Waals surface area contributed by atoms with Crippen molar-refractivity contribution in [1.82, 2.24) is 24.0 Å². The molecule has 1 aromatic carbocycles. The zero-order valence-electron chi connectivity index (χ0n) is 23.8. The summed E-state index contributed by atoms with van der Waals surface area (Å²) in [5.74, 6) is 0. The maximum Gasteiger partial charge on any atom is 0.329 e. The molecule has 1 aliphatic heterocycles. The number of aryl methyl sites for hydroxylation is 1. The highest BCUT2D eigenvalue weighted by atomic mass is 35.5. The molecule has 0 atom stereocenters. The average molecular weight is 577 g/mol. The lowest BCUT2D eigenvalue weighted by Crippen LogP contribution is -2.55. The molecule has 1 aliphatic carbocycles. The maximum atomic E-state index is 13.8. The number of hydrogen-bond donors (Lipinski definition) is 1. The fourth-order valence-electron chi connectivity index (χ4n) is 6.44. The molecule has 8 nitrogen and oxygen atoms in total. The molecule has 1 saturated carbocycles. The molecule has 40 heavy (non-hydrogen) atoms. The number of fused-ring (bicyclic) bond motifs is 3.